The molecule has 2 rings (SSSR count). The number of hydrogen-bond donors (Lipinski definition) is 1. The van der Waals surface area contributed by atoms with Crippen molar-refractivity contribution in [3.05, 3.63) is 22.3 Å². The summed E-state index contributed by atoms with van der Waals surface area (Å²) in [5, 5.41) is 12.3. The Balaban J connectivity index is 1.89. The van der Waals surface area contributed by atoms with Gasteiger partial charge in [0.15, 0.2) is 0 Å². The molecular formula is C14H19BrN4O2S. The van der Waals surface area contributed by atoms with Gasteiger partial charge in [-0.2, -0.15) is 5.26 Å². The van der Waals surface area contributed by atoms with E-state index in [1.807, 2.05) is 0 Å². The van der Waals surface area contributed by atoms with Crippen LogP contribution in [0.4, 0.5) is 5.82 Å². The zero-order valence-electron chi connectivity index (χ0n) is 12.4. The van der Waals surface area contributed by atoms with Crippen molar-refractivity contribution in [2.24, 2.45) is 5.92 Å². The smallest absolute Gasteiger partial charge is 0.213 e. The first kappa shape index (κ1) is 17.2. The number of anilines is 1. The van der Waals surface area contributed by atoms with Crippen molar-refractivity contribution >= 4 is 31.8 Å². The molecule has 0 spiro atoms. The van der Waals surface area contributed by atoms with Crippen molar-refractivity contribution in [3.63, 3.8) is 0 Å². The molecule has 1 aromatic rings. The number of sulfonamides is 1. The van der Waals surface area contributed by atoms with Crippen LogP contribution in [0.25, 0.3) is 0 Å². The van der Waals surface area contributed by atoms with Crippen LogP contribution in [-0.4, -0.2) is 43.1 Å². The lowest BCUT2D eigenvalue weighted by Crippen LogP contribution is -2.40. The highest BCUT2D eigenvalue weighted by Gasteiger charge is 2.26. The first-order valence-electron chi connectivity index (χ1n) is 7.23. The summed E-state index contributed by atoms with van der Waals surface area (Å²) in [7, 11) is -3.07. The van der Waals surface area contributed by atoms with Crippen LogP contribution in [0.1, 0.15) is 25.3 Å². The van der Waals surface area contributed by atoms with Crippen molar-refractivity contribution in [1.82, 2.24) is 9.29 Å². The molecule has 1 fully saturated rings. The molecule has 0 aliphatic carbocycles. The first-order chi connectivity index (χ1) is 10.5. The summed E-state index contributed by atoms with van der Waals surface area (Å²) in [6, 6.07) is 3.84. The van der Waals surface area contributed by atoms with Gasteiger partial charge in [-0.25, -0.2) is 17.7 Å². The second kappa shape index (κ2) is 7.40. The number of nitriles is 1. The molecule has 22 heavy (non-hydrogen) atoms. The molecule has 8 heteroatoms. The SMILES string of the molecule is CCS(=O)(=O)N1CCC(CNc2ncc(Br)cc2C#N)CC1. The molecule has 0 radical (unpaired) electrons. The number of pyridine rings is 1. The molecule has 1 saturated heterocycles. The van der Waals surface area contributed by atoms with Gasteiger partial charge in [0.2, 0.25) is 10.0 Å². The Kier molecular flexibility index (Phi) is 5.78. The monoisotopic (exact) mass is 386 g/mol. The van der Waals surface area contributed by atoms with Gasteiger partial charge in [0.1, 0.15) is 11.9 Å². The Labute approximate surface area is 139 Å². The molecule has 1 aliphatic rings. The van der Waals surface area contributed by atoms with E-state index in [2.05, 4.69) is 32.3 Å². The van der Waals surface area contributed by atoms with Crippen molar-refractivity contribution in [1.29, 1.82) is 5.26 Å². The van der Waals surface area contributed by atoms with Crippen LogP contribution in [0.15, 0.2) is 16.7 Å². The third kappa shape index (κ3) is 4.18. The van der Waals surface area contributed by atoms with E-state index in [1.165, 1.54) is 0 Å². The van der Waals surface area contributed by atoms with Gasteiger partial charge >= 0.3 is 0 Å². The molecule has 0 bridgehead atoms. The van der Waals surface area contributed by atoms with E-state index in [1.54, 1.807) is 23.5 Å². The summed E-state index contributed by atoms with van der Waals surface area (Å²) in [6.07, 6.45) is 3.30. The lowest BCUT2D eigenvalue weighted by molar-refractivity contribution is 0.282. The molecule has 120 valence electrons. The molecule has 1 aromatic heterocycles. The second-order valence-electron chi connectivity index (χ2n) is 5.29. The van der Waals surface area contributed by atoms with E-state index in [4.69, 9.17) is 5.26 Å². The summed E-state index contributed by atoms with van der Waals surface area (Å²) < 4.78 is 26.0. The van der Waals surface area contributed by atoms with Crippen molar-refractivity contribution in [2.45, 2.75) is 19.8 Å². The molecule has 0 atom stereocenters. The zero-order valence-corrected chi connectivity index (χ0v) is 14.8. The van der Waals surface area contributed by atoms with Gasteiger partial charge in [-0.1, -0.05) is 0 Å². The zero-order chi connectivity index (χ0) is 16.2. The predicted octanol–water partition coefficient (Wildman–Crippen LogP) is 2.19. The Morgan fingerprint density at radius 2 is 2.18 bits per heavy atom. The maximum absolute atomic E-state index is 11.8. The maximum atomic E-state index is 11.8. The van der Waals surface area contributed by atoms with Crippen LogP contribution in [-0.2, 0) is 10.0 Å². The molecule has 2 heterocycles. The molecule has 6 nitrogen and oxygen atoms in total. The van der Waals surface area contributed by atoms with Crippen LogP contribution in [0.3, 0.4) is 0 Å². The minimum absolute atomic E-state index is 0.157. The lowest BCUT2D eigenvalue weighted by atomic mass is 9.98. The van der Waals surface area contributed by atoms with Gasteiger partial charge in [-0.3, -0.25) is 0 Å². The largest absolute Gasteiger partial charge is 0.369 e. The van der Waals surface area contributed by atoms with E-state index in [0.29, 0.717) is 36.9 Å². The van der Waals surface area contributed by atoms with Gasteiger partial charge < -0.3 is 5.32 Å². The number of rotatable bonds is 5. The fourth-order valence-corrected chi connectivity index (χ4v) is 3.94. The number of halogens is 1. The summed E-state index contributed by atoms with van der Waals surface area (Å²) in [5.41, 5.74) is 0.500. The van der Waals surface area contributed by atoms with E-state index >= 15 is 0 Å². The predicted molar refractivity (Wildman–Crippen MR) is 88.9 cm³/mol. The second-order valence-corrected chi connectivity index (χ2v) is 8.46. The number of piperidine rings is 1. The summed E-state index contributed by atoms with van der Waals surface area (Å²) in [4.78, 5) is 4.21. The standard InChI is InChI=1S/C14H19BrN4O2S/c1-2-22(20,21)19-5-3-11(4-6-19)9-17-14-12(8-16)7-13(15)10-18-14/h7,10-11H,2-6,9H2,1H3,(H,17,18). The maximum Gasteiger partial charge on any atom is 0.213 e. The fourth-order valence-electron chi connectivity index (χ4n) is 2.48. The topological polar surface area (TPSA) is 86.1 Å². The minimum atomic E-state index is -3.07. The van der Waals surface area contributed by atoms with Gasteiger partial charge in [-0.05, 0) is 47.7 Å². The number of nitrogens with one attached hydrogen (secondary N) is 1. The third-order valence-corrected chi connectivity index (χ3v) is 6.18. The summed E-state index contributed by atoms with van der Waals surface area (Å²) in [5.74, 6) is 1.12. The average molecular weight is 387 g/mol. The van der Waals surface area contributed by atoms with Gasteiger partial charge in [-0.15, -0.1) is 0 Å². The van der Waals surface area contributed by atoms with Crippen LogP contribution in [0, 0.1) is 17.2 Å². The van der Waals surface area contributed by atoms with Crippen LogP contribution >= 0.6 is 15.9 Å². The van der Waals surface area contributed by atoms with E-state index < -0.39 is 10.0 Å². The number of aromatic nitrogens is 1. The summed E-state index contributed by atoms with van der Waals surface area (Å²) >= 11 is 3.29. The van der Waals surface area contributed by atoms with Crippen LogP contribution in [0.5, 0.6) is 0 Å². The van der Waals surface area contributed by atoms with Crippen molar-refractivity contribution < 1.29 is 8.42 Å². The Bertz CT molecular complexity index is 664. The Hall–Kier alpha value is -1.17. The van der Waals surface area contributed by atoms with Crippen molar-refractivity contribution in [3.8, 4) is 6.07 Å². The highest BCUT2D eigenvalue weighted by atomic mass is 79.9. The molecule has 0 aromatic carbocycles. The molecular weight excluding hydrogens is 368 g/mol. The van der Waals surface area contributed by atoms with E-state index in [0.717, 1.165) is 17.3 Å². The summed E-state index contributed by atoms with van der Waals surface area (Å²) in [6.45, 7) is 3.51. The van der Waals surface area contributed by atoms with E-state index in [-0.39, 0.29) is 5.75 Å². The van der Waals surface area contributed by atoms with Gasteiger partial charge in [0.25, 0.3) is 0 Å². The quantitative estimate of drug-likeness (QED) is 0.837. The van der Waals surface area contributed by atoms with Crippen LogP contribution < -0.4 is 5.32 Å². The molecule has 0 saturated carbocycles. The highest BCUT2D eigenvalue weighted by molar-refractivity contribution is 9.10. The Morgan fingerprint density at radius 1 is 1.50 bits per heavy atom. The fraction of sp³-hybridized carbons (Fsp3) is 0.571. The number of nitrogens with zero attached hydrogens (tertiary/aromatic N) is 3. The normalized spacial score (nSPS) is 17.1. The molecule has 1 N–H and O–H groups in total. The third-order valence-electron chi connectivity index (χ3n) is 3.86. The van der Waals surface area contributed by atoms with Crippen LogP contribution in [0.2, 0.25) is 0 Å². The van der Waals surface area contributed by atoms with Gasteiger partial charge in [0, 0.05) is 30.3 Å². The molecule has 1 aliphatic heterocycles. The van der Waals surface area contributed by atoms with E-state index in [9.17, 15) is 8.42 Å². The lowest BCUT2D eigenvalue weighted by Gasteiger charge is -2.31. The molecule has 0 amide bonds. The molecule has 0 unspecified atom stereocenters. The number of hydrogen-bond acceptors (Lipinski definition) is 5. The first-order valence-corrected chi connectivity index (χ1v) is 9.64. The highest BCUT2D eigenvalue weighted by Crippen LogP contribution is 2.22. The minimum Gasteiger partial charge on any atom is -0.369 e. The average Bonchev–Trinajstić information content (AvgIpc) is 2.54. The Morgan fingerprint density at radius 3 is 2.77 bits per heavy atom. The van der Waals surface area contributed by atoms with Crippen molar-refractivity contribution in [2.75, 3.05) is 30.7 Å². The van der Waals surface area contributed by atoms with Gasteiger partial charge in [0.05, 0.1) is 11.3 Å².